The molecular formula is C9H9N5O. The highest BCUT2D eigenvalue weighted by Crippen LogP contribution is 2.31. The van der Waals surface area contributed by atoms with Gasteiger partial charge < -0.3 is 10.2 Å². The standard InChI is InChI=1S/C9H9N5O/c1-14-5-6-7(11-9(14)15)3-2-4-8(6)12-13-10/h2-4H,5H2,1H3,(H,11,15). The van der Waals surface area contributed by atoms with Gasteiger partial charge in [-0.3, -0.25) is 0 Å². The van der Waals surface area contributed by atoms with Gasteiger partial charge >= 0.3 is 6.03 Å². The van der Waals surface area contributed by atoms with E-state index in [1.807, 2.05) is 0 Å². The van der Waals surface area contributed by atoms with E-state index in [2.05, 4.69) is 15.3 Å². The molecule has 0 saturated heterocycles. The predicted molar refractivity (Wildman–Crippen MR) is 55.7 cm³/mol. The van der Waals surface area contributed by atoms with Crippen molar-refractivity contribution >= 4 is 17.4 Å². The number of rotatable bonds is 1. The number of hydrogen-bond acceptors (Lipinski definition) is 2. The number of anilines is 1. The van der Waals surface area contributed by atoms with Crippen LogP contribution >= 0.6 is 0 Å². The maximum atomic E-state index is 11.3. The molecule has 6 heteroatoms. The van der Waals surface area contributed by atoms with Crippen LogP contribution in [0.1, 0.15) is 5.56 Å². The van der Waals surface area contributed by atoms with E-state index in [1.165, 1.54) is 4.90 Å². The number of fused-ring (bicyclic) bond motifs is 1. The average molecular weight is 203 g/mol. The van der Waals surface area contributed by atoms with Gasteiger partial charge in [0.2, 0.25) is 0 Å². The van der Waals surface area contributed by atoms with Gasteiger partial charge in [0.25, 0.3) is 0 Å². The summed E-state index contributed by atoms with van der Waals surface area (Å²) in [7, 11) is 1.69. The summed E-state index contributed by atoms with van der Waals surface area (Å²) in [5, 5.41) is 6.29. The lowest BCUT2D eigenvalue weighted by molar-refractivity contribution is 0.218. The van der Waals surface area contributed by atoms with Crippen LogP contribution in [0.2, 0.25) is 0 Å². The molecule has 1 aromatic carbocycles. The first kappa shape index (κ1) is 9.36. The zero-order valence-electron chi connectivity index (χ0n) is 8.14. The SMILES string of the molecule is CN1Cc2c(N=[N+]=[N-])cccc2NC1=O. The fourth-order valence-corrected chi connectivity index (χ4v) is 1.52. The summed E-state index contributed by atoms with van der Waals surface area (Å²) in [6.45, 7) is 0.455. The summed E-state index contributed by atoms with van der Waals surface area (Å²) < 4.78 is 0. The second-order valence-electron chi connectivity index (χ2n) is 3.28. The Kier molecular flexibility index (Phi) is 2.19. The fraction of sp³-hybridized carbons (Fsp3) is 0.222. The summed E-state index contributed by atoms with van der Waals surface area (Å²) in [6.07, 6.45) is 0. The Morgan fingerprint density at radius 1 is 1.60 bits per heavy atom. The van der Waals surface area contributed by atoms with Gasteiger partial charge in [0.1, 0.15) is 0 Å². The molecule has 1 aromatic rings. The molecule has 2 amide bonds. The van der Waals surface area contributed by atoms with Gasteiger partial charge in [-0.1, -0.05) is 17.2 Å². The number of hydrogen-bond donors (Lipinski definition) is 1. The second kappa shape index (κ2) is 3.51. The summed E-state index contributed by atoms with van der Waals surface area (Å²) in [5.41, 5.74) is 10.5. The number of nitrogens with one attached hydrogen (secondary N) is 1. The first-order chi connectivity index (χ1) is 7.22. The van der Waals surface area contributed by atoms with Crippen LogP contribution in [0.25, 0.3) is 10.4 Å². The van der Waals surface area contributed by atoms with Crippen molar-refractivity contribution in [1.29, 1.82) is 0 Å². The fourth-order valence-electron chi connectivity index (χ4n) is 1.52. The zero-order chi connectivity index (χ0) is 10.8. The summed E-state index contributed by atoms with van der Waals surface area (Å²) in [5.74, 6) is 0. The Morgan fingerprint density at radius 2 is 2.40 bits per heavy atom. The molecule has 1 aliphatic heterocycles. The van der Waals surface area contributed by atoms with Crippen molar-refractivity contribution in [2.75, 3.05) is 12.4 Å². The quantitative estimate of drug-likeness (QED) is 0.424. The zero-order valence-corrected chi connectivity index (χ0v) is 8.14. The predicted octanol–water partition coefficient (Wildman–Crippen LogP) is 2.61. The van der Waals surface area contributed by atoms with Gasteiger partial charge in [-0.2, -0.15) is 0 Å². The van der Waals surface area contributed by atoms with Crippen LogP contribution in [0.15, 0.2) is 23.3 Å². The molecule has 0 bridgehead atoms. The first-order valence-electron chi connectivity index (χ1n) is 4.41. The van der Waals surface area contributed by atoms with E-state index in [1.54, 1.807) is 25.2 Å². The molecule has 15 heavy (non-hydrogen) atoms. The van der Waals surface area contributed by atoms with E-state index in [0.29, 0.717) is 17.9 Å². The third-order valence-electron chi connectivity index (χ3n) is 2.29. The van der Waals surface area contributed by atoms with E-state index >= 15 is 0 Å². The number of amides is 2. The lowest BCUT2D eigenvalue weighted by Gasteiger charge is -2.26. The van der Waals surface area contributed by atoms with Crippen LogP contribution < -0.4 is 5.32 Å². The Bertz CT molecular complexity index is 464. The number of urea groups is 1. The van der Waals surface area contributed by atoms with E-state index in [4.69, 9.17) is 5.53 Å². The molecule has 0 atom stereocenters. The van der Waals surface area contributed by atoms with Crippen molar-refractivity contribution in [1.82, 2.24) is 4.90 Å². The van der Waals surface area contributed by atoms with Gasteiger partial charge in [-0.15, -0.1) is 0 Å². The van der Waals surface area contributed by atoms with E-state index in [0.717, 1.165) is 5.56 Å². The minimum atomic E-state index is -0.152. The Morgan fingerprint density at radius 3 is 3.13 bits per heavy atom. The Labute approximate surface area is 86.1 Å². The minimum absolute atomic E-state index is 0.152. The second-order valence-corrected chi connectivity index (χ2v) is 3.28. The van der Waals surface area contributed by atoms with Crippen molar-refractivity contribution in [3.8, 4) is 0 Å². The number of carbonyl (C=O) groups is 1. The maximum Gasteiger partial charge on any atom is 0.321 e. The highest BCUT2D eigenvalue weighted by Gasteiger charge is 2.20. The van der Waals surface area contributed by atoms with Crippen molar-refractivity contribution in [3.63, 3.8) is 0 Å². The number of carbonyl (C=O) groups excluding carboxylic acids is 1. The Balaban J connectivity index is 2.52. The molecule has 0 aromatic heterocycles. The Hall–Kier alpha value is -2.20. The molecular weight excluding hydrogens is 194 g/mol. The third-order valence-corrected chi connectivity index (χ3v) is 2.29. The maximum absolute atomic E-state index is 11.3. The molecule has 1 heterocycles. The van der Waals surface area contributed by atoms with Gasteiger partial charge in [-0.05, 0) is 11.6 Å². The van der Waals surface area contributed by atoms with Gasteiger partial charge in [0.05, 0.1) is 0 Å². The highest BCUT2D eigenvalue weighted by atomic mass is 16.2. The monoisotopic (exact) mass is 203 g/mol. The van der Waals surface area contributed by atoms with E-state index < -0.39 is 0 Å². The lowest BCUT2D eigenvalue weighted by Crippen LogP contribution is -2.35. The van der Waals surface area contributed by atoms with E-state index in [-0.39, 0.29) is 6.03 Å². The number of benzene rings is 1. The van der Waals surface area contributed by atoms with Crippen LogP contribution in [-0.4, -0.2) is 18.0 Å². The van der Waals surface area contributed by atoms with Crippen LogP contribution in [-0.2, 0) is 6.54 Å². The number of nitrogens with zero attached hydrogens (tertiary/aromatic N) is 4. The van der Waals surface area contributed by atoms with Crippen LogP contribution in [0.4, 0.5) is 16.2 Å². The van der Waals surface area contributed by atoms with Crippen molar-refractivity contribution in [3.05, 3.63) is 34.2 Å². The average Bonchev–Trinajstić information content (AvgIpc) is 2.21. The molecule has 6 nitrogen and oxygen atoms in total. The normalized spacial score (nSPS) is 13.9. The molecule has 0 fully saturated rings. The van der Waals surface area contributed by atoms with Crippen molar-refractivity contribution in [2.45, 2.75) is 6.54 Å². The van der Waals surface area contributed by atoms with Crippen molar-refractivity contribution < 1.29 is 4.79 Å². The molecule has 0 radical (unpaired) electrons. The topological polar surface area (TPSA) is 81.1 Å². The third kappa shape index (κ3) is 1.58. The largest absolute Gasteiger partial charge is 0.323 e. The number of azide groups is 1. The molecule has 1 aliphatic rings. The van der Waals surface area contributed by atoms with Crippen molar-refractivity contribution in [2.24, 2.45) is 5.11 Å². The molecule has 0 spiro atoms. The molecule has 0 saturated carbocycles. The van der Waals surface area contributed by atoms with Gasteiger partial charge in [0.15, 0.2) is 0 Å². The van der Waals surface area contributed by atoms with Crippen LogP contribution in [0.3, 0.4) is 0 Å². The summed E-state index contributed by atoms with van der Waals surface area (Å²) >= 11 is 0. The summed E-state index contributed by atoms with van der Waals surface area (Å²) in [4.78, 5) is 15.6. The lowest BCUT2D eigenvalue weighted by atomic mass is 10.1. The summed E-state index contributed by atoms with van der Waals surface area (Å²) in [6, 6.07) is 5.11. The van der Waals surface area contributed by atoms with Gasteiger partial charge in [-0.25, -0.2) is 4.79 Å². The molecule has 0 aliphatic carbocycles. The first-order valence-corrected chi connectivity index (χ1v) is 4.41. The van der Waals surface area contributed by atoms with E-state index in [9.17, 15) is 4.79 Å². The molecule has 0 unspecified atom stereocenters. The van der Waals surface area contributed by atoms with Crippen LogP contribution in [0, 0.1) is 0 Å². The molecule has 1 N–H and O–H groups in total. The molecule has 76 valence electrons. The minimum Gasteiger partial charge on any atom is -0.323 e. The highest BCUT2D eigenvalue weighted by molar-refractivity contribution is 5.93. The van der Waals surface area contributed by atoms with Crippen LogP contribution in [0.5, 0.6) is 0 Å². The van der Waals surface area contributed by atoms with Gasteiger partial charge in [0, 0.05) is 35.4 Å². The molecule has 2 rings (SSSR count). The smallest absolute Gasteiger partial charge is 0.321 e.